The van der Waals surface area contributed by atoms with Gasteiger partial charge < -0.3 is 9.13 Å². The second-order valence-electron chi connectivity index (χ2n) is 12.6. The van der Waals surface area contributed by atoms with Gasteiger partial charge in [-0.25, -0.2) is 9.97 Å². The lowest BCUT2D eigenvalue weighted by molar-refractivity contribution is 1.15. The summed E-state index contributed by atoms with van der Waals surface area (Å²) in [6.45, 7) is 0. The van der Waals surface area contributed by atoms with Crippen LogP contribution in [0.25, 0.3) is 88.9 Å². The molecule has 234 valence electrons. The van der Waals surface area contributed by atoms with Crippen molar-refractivity contribution in [3.05, 3.63) is 182 Å². The van der Waals surface area contributed by atoms with Gasteiger partial charge in [0.2, 0.25) is 0 Å². The average molecular weight is 639 g/mol. The SMILES string of the molecule is c1ccc(-c2ccc(-n3c4ccccc4c4cc(-c5nc(-c6ccccc6)c6c(n5)c5ccccc5n6-c5ccccc5)ccc43)cc2)cc1. The van der Waals surface area contributed by atoms with Gasteiger partial charge in [-0.2, -0.15) is 0 Å². The van der Waals surface area contributed by atoms with Gasteiger partial charge in [0.05, 0.1) is 27.8 Å². The minimum Gasteiger partial charge on any atom is -0.309 e. The van der Waals surface area contributed by atoms with E-state index in [2.05, 4.69) is 191 Å². The van der Waals surface area contributed by atoms with Gasteiger partial charge in [0.1, 0.15) is 5.52 Å². The molecular weight excluding hydrogens is 609 g/mol. The van der Waals surface area contributed by atoms with Crippen LogP contribution in [0.5, 0.6) is 0 Å². The molecule has 0 unspecified atom stereocenters. The second-order valence-corrected chi connectivity index (χ2v) is 12.6. The Bertz CT molecular complexity index is 2830. The van der Waals surface area contributed by atoms with Crippen molar-refractivity contribution in [1.82, 2.24) is 19.1 Å². The summed E-state index contributed by atoms with van der Waals surface area (Å²) >= 11 is 0. The molecule has 3 aromatic heterocycles. The zero-order valence-corrected chi connectivity index (χ0v) is 27.1. The Morgan fingerprint density at radius 2 is 0.860 bits per heavy atom. The fourth-order valence-corrected chi connectivity index (χ4v) is 7.44. The first kappa shape index (κ1) is 28.3. The molecule has 0 spiro atoms. The van der Waals surface area contributed by atoms with Gasteiger partial charge in [0, 0.05) is 38.7 Å². The molecule has 0 aliphatic carbocycles. The maximum atomic E-state index is 5.37. The topological polar surface area (TPSA) is 35.6 Å². The fourth-order valence-electron chi connectivity index (χ4n) is 7.44. The number of hydrogen-bond acceptors (Lipinski definition) is 2. The van der Waals surface area contributed by atoms with E-state index < -0.39 is 0 Å². The second kappa shape index (κ2) is 11.4. The third kappa shape index (κ3) is 4.46. The highest BCUT2D eigenvalue weighted by molar-refractivity contribution is 6.13. The van der Waals surface area contributed by atoms with E-state index in [1.165, 1.54) is 27.4 Å². The standard InChI is InChI=1S/C46H30N4/c1-4-14-31(15-5-1)32-24-27-36(28-25-32)49-40-22-12-10-20-37(40)39-30-34(26-29-42(39)49)46-47-43(33-16-6-2-7-17-33)45-44(48-46)38-21-11-13-23-41(38)50(45)35-18-8-3-9-19-35/h1-30H. The van der Waals surface area contributed by atoms with Crippen LogP contribution in [0.4, 0.5) is 0 Å². The molecule has 0 fully saturated rings. The molecule has 0 N–H and O–H groups in total. The van der Waals surface area contributed by atoms with Gasteiger partial charge in [-0.1, -0.05) is 127 Å². The van der Waals surface area contributed by atoms with Crippen LogP contribution in [-0.2, 0) is 0 Å². The lowest BCUT2D eigenvalue weighted by atomic mass is 10.1. The minimum atomic E-state index is 0.707. The molecule has 0 radical (unpaired) electrons. The van der Waals surface area contributed by atoms with Gasteiger partial charge in [-0.15, -0.1) is 0 Å². The van der Waals surface area contributed by atoms with E-state index in [1.54, 1.807) is 0 Å². The Morgan fingerprint density at radius 1 is 0.340 bits per heavy atom. The summed E-state index contributed by atoms with van der Waals surface area (Å²) in [5.41, 5.74) is 12.9. The predicted octanol–water partition coefficient (Wildman–Crippen LogP) is 11.7. The summed E-state index contributed by atoms with van der Waals surface area (Å²) in [5.74, 6) is 0.707. The van der Waals surface area contributed by atoms with E-state index in [0.29, 0.717) is 5.82 Å². The number of nitrogens with zero attached hydrogens (tertiary/aromatic N) is 4. The molecule has 10 rings (SSSR count). The normalized spacial score (nSPS) is 11.6. The molecular formula is C46H30N4. The summed E-state index contributed by atoms with van der Waals surface area (Å²) in [7, 11) is 0. The lowest BCUT2D eigenvalue weighted by Gasteiger charge is -2.12. The van der Waals surface area contributed by atoms with Crippen molar-refractivity contribution < 1.29 is 0 Å². The highest BCUT2D eigenvalue weighted by Crippen LogP contribution is 2.39. The monoisotopic (exact) mass is 638 g/mol. The van der Waals surface area contributed by atoms with E-state index in [0.717, 1.165) is 55.6 Å². The third-order valence-corrected chi connectivity index (χ3v) is 9.73. The molecule has 3 heterocycles. The molecule has 0 aliphatic heterocycles. The zero-order chi connectivity index (χ0) is 33.0. The first-order chi connectivity index (χ1) is 24.8. The Balaban J connectivity index is 1.20. The molecule has 0 atom stereocenters. The first-order valence-corrected chi connectivity index (χ1v) is 16.9. The molecule has 7 aromatic carbocycles. The van der Waals surface area contributed by atoms with Crippen molar-refractivity contribution >= 4 is 43.7 Å². The maximum Gasteiger partial charge on any atom is 0.160 e. The summed E-state index contributed by atoms with van der Waals surface area (Å²) < 4.78 is 4.66. The van der Waals surface area contributed by atoms with Gasteiger partial charge in [-0.3, -0.25) is 0 Å². The zero-order valence-electron chi connectivity index (χ0n) is 27.1. The van der Waals surface area contributed by atoms with Crippen LogP contribution in [0, 0.1) is 0 Å². The third-order valence-electron chi connectivity index (χ3n) is 9.73. The summed E-state index contributed by atoms with van der Waals surface area (Å²) in [6.07, 6.45) is 0. The fraction of sp³-hybridized carbons (Fsp3) is 0. The number of aromatic nitrogens is 4. The average Bonchev–Trinajstić information content (AvgIpc) is 3.71. The summed E-state index contributed by atoms with van der Waals surface area (Å²) in [5, 5.41) is 3.47. The van der Waals surface area contributed by atoms with Crippen LogP contribution >= 0.6 is 0 Å². The molecule has 4 nitrogen and oxygen atoms in total. The molecule has 4 heteroatoms. The minimum absolute atomic E-state index is 0.707. The highest BCUT2D eigenvalue weighted by atomic mass is 15.0. The number of hydrogen-bond donors (Lipinski definition) is 0. The van der Waals surface area contributed by atoms with Gasteiger partial charge in [-0.05, 0) is 65.7 Å². The highest BCUT2D eigenvalue weighted by Gasteiger charge is 2.21. The lowest BCUT2D eigenvalue weighted by Crippen LogP contribution is -1.99. The van der Waals surface area contributed by atoms with Crippen LogP contribution in [0.2, 0.25) is 0 Å². The van der Waals surface area contributed by atoms with E-state index in [1.807, 2.05) is 0 Å². The predicted molar refractivity (Wildman–Crippen MR) is 207 cm³/mol. The largest absolute Gasteiger partial charge is 0.309 e. The Hall–Kier alpha value is -6.78. The van der Waals surface area contributed by atoms with Gasteiger partial charge >= 0.3 is 0 Å². The number of fused-ring (bicyclic) bond motifs is 6. The summed E-state index contributed by atoms with van der Waals surface area (Å²) in [6, 6.07) is 64.2. The maximum absolute atomic E-state index is 5.37. The molecule has 0 bridgehead atoms. The van der Waals surface area contributed by atoms with E-state index >= 15 is 0 Å². The van der Waals surface area contributed by atoms with Crippen LogP contribution < -0.4 is 0 Å². The van der Waals surface area contributed by atoms with Crippen molar-refractivity contribution in [3.63, 3.8) is 0 Å². The molecule has 0 saturated carbocycles. The van der Waals surface area contributed by atoms with Crippen molar-refractivity contribution in [2.45, 2.75) is 0 Å². The number of para-hydroxylation sites is 3. The van der Waals surface area contributed by atoms with Gasteiger partial charge in [0.15, 0.2) is 5.82 Å². The van der Waals surface area contributed by atoms with Crippen LogP contribution in [0.1, 0.15) is 0 Å². The van der Waals surface area contributed by atoms with Crippen molar-refractivity contribution in [2.24, 2.45) is 0 Å². The quantitative estimate of drug-likeness (QED) is 0.188. The van der Waals surface area contributed by atoms with E-state index in [-0.39, 0.29) is 0 Å². The van der Waals surface area contributed by atoms with Crippen LogP contribution in [0.3, 0.4) is 0 Å². The molecule has 0 aliphatic rings. The van der Waals surface area contributed by atoms with Crippen molar-refractivity contribution in [2.75, 3.05) is 0 Å². The van der Waals surface area contributed by atoms with Crippen molar-refractivity contribution in [1.29, 1.82) is 0 Å². The first-order valence-electron chi connectivity index (χ1n) is 16.9. The van der Waals surface area contributed by atoms with Crippen molar-refractivity contribution in [3.8, 4) is 45.1 Å². The smallest absolute Gasteiger partial charge is 0.160 e. The number of benzene rings is 7. The van der Waals surface area contributed by atoms with E-state index in [9.17, 15) is 0 Å². The van der Waals surface area contributed by atoms with Gasteiger partial charge in [0.25, 0.3) is 0 Å². The molecule has 0 amide bonds. The number of rotatable bonds is 5. The molecule has 50 heavy (non-hydrogen) atoms. The molecule has 0 saturated heterocycles. The van der Waals surface area contributed by atoms with Crippen LogP contribution in [-0.4, -0.2) is 19.1 Å². The van der Waals surface area contributed by atoms with E-state index in [4.69, 9.17) is 9.97 Å². The Labute approximate surface area is 289 Å². The molecule has 10 aromatic rings. The summed E-state index contributed by atoms with van der Waals surface area (Å²) in [4.78, 5) is 10.7. The Morgan fingerprint density at radius 3 is 1.58 bits per heavy atom. The van der Waals surface area contributed by atoms with Crippen LogP contribution in [0.15, 0.2) is 182 Å². The Kier molecular flexibility index (Phi) is 6.46.